The molecule has 1 unspecified atom stereocenters. The quantitative estimate of drug-likeness (QED) is 0.579. The van der Waals surface area contributed by atoms with Gasteiger partial charge >= 0.3 is 0 Å². The smallest absolute Gasteiger partial charge is 0.262 e. The van der Waals surface area contributed by atoms with E-state index in [0.29, 0.717) is 5.56 Å². The third-order valence-electron chi connectivity index (χ3n) is 4.60. The number of benzene rings is 3. The summed E-state index contributed by atoms with van der Waals surface area (Å²) in [7, 11) is 0. The van der Waals surface area contributed by atoms with Crippen molar-refractivity contribution in [3.8, 4) is 0 Å². The van der Waals surface area contributed by atoms with Crippen molar-refractivity contribution in [3.63, 3.8) is 0 Å². The van der Waals surface area contributed by atoms with Crippen LogP contribution in [0, 0.1) is 13.8 Å². The van der Waals surface area contributed by atoms with Crippen LogP contribution in [0.25, 0.3) is 0 Å². The van der Waals surface area contributed by atoms with Gasteiger partial charge in [-0.15, -0.1) is 0 Å². The third-order valence-corrected chi connectivity index (χ3v) is 5.13. The maximum absolute atomic E-state index is 13.4. The molecule has 4 heteroatoms. The molecule has 0 saturated carbocycles. The highest BCUT2D eigenvalue weighted by Gasteiger charge is 2.34. The average Bonchev–Trinajstić information content (AvgIpc) is 2.61. The molecule has 0 saturated heterocycles. The number of hydrogen-bond acceptors (Lipinski definition) is 2. The Kier molecular flexibility index (Phi) is 4.29. The van der Waals surface area contributed by atoms with Gasteiger partial charge in [0.15, 0.2) is 0 Å². The van der Waals surface area contributed by atoms with E-state index in [9.17, 15) is 4.79 Å². The highest BCUT2D eigenvalue weighted by molar-refractivity contribution is 9.10. The predicted octanol–water partition coefficient (Wildman–Crippen LogP) is 5.84. The molecule has 1 aliphatic heterocycles. The second-order valence-corrected chi connectivity index (χ2v) is 7.58. The van der Waals surface area contributed by atoms with E-state index in [1.807, 2.05) is 53.4 Å². The summed E-state index contributed by atoms with van der Waals surface area (Å²) in [6, 6.07) is 22.0. The van der Waals surface area contributed by atoms with Gasteiger partial charge in [0.2, 0.25) is 0 Å². The number of para-hydroxylation sites is 1. The molecule has 0 fully saturated rings. The van der Waals surface area contributed by atoms with Gasteiger partial charge in [0.1, 0.15) is 6.17 Å². The summed E-state index contributed by atoms with van der Waals surface area (Å²) in [5, 5.41) is 3.54. The maximum atomic E-state index is 13.4. The molecule has 130 valence electrons. The number of amides is 1. The lowest BCUT2D eigenvalue weighted by atomic mass is 10.0. The Balaban J connectivity index is 1.88. The Morgan fingerprint density at radius 3 is 2.27 bits per heavy atom. The van der Waals surface area contributed by atoms with E-state index >= 15 is 0 Å². The summed E-state index contributed by atoms with van der Waals surface area (Å²) < 4.78 is 1.02. The first kappa shape index (κ1) is 16.9. The minimum atomic E-state index is -0.258. The Morgan fingerprint density at radius 2 is 1.58 bits per heavy atom. The summed E-state index contributed by atoms with van der Waals surface area (Å²) in [6.07, 6.45) is -0.258. The average molecular weight is 407 g/mol. The molecule has 4 rings (SSSR count). The van der Waals surface area contributed by atoms with Gasteiger partial charge in [0.25, 0.3) is 5.91 Å². The van der Waals surface area contributed by atoms with Crippen molar-refractivity contribution in [3.05, 3.63) is 93.5 Å². The van der Waals surface area contributed by atoms with Gasteiger partial charge in [0, 0.05) is 15.8 Å². The van der Waals surface area contributed by atoms with Crippen LogP contribution in [0.2, 0.25) is 0 Å². The molecule has 0 aliphatic carbocycles. The van der Waals surface area contributed by atoms with Crippen molar-refractivity contribution >= 4 is 33.2 Å². The molecule has 1 heterocycles. The number of fused-ring (bicyclic) bond motifs is 1. The van der Waals surface area contributed by atoms with Crippen molar-refractivity contribution < 1.29 is 4.79 Å². The molecule has 3 aromatic carbocycles. The van der Waals surface area contributed by atoms with Crippen molar-refractivity contribution in [2.24, 2.45) is 0 Å². The molecule has 1 aliphatic rings. The number of halogens is 1. The van der Waals surface area contributed by atoms with Crippen LogP contribution in [0.4, 0.5) is 11.4 Å². The molecule has 0 spiro atoms. The summed E-state index contributed by atoms with van der Waals surface area (Å²) in [6.45, 7) is 4.11. The minimum Gasteiger partial charge on any atom is -0.360 e. The minimum absolute atomic E-state index is 0.0114. The van der Waals surface area contributed by atoms with E-state index < -0.39 is 0 Å². The van der Waals surface area contributed by atoms with Crippen molar-refractivity contribution in [2.75, 3.05) is 10.2 Å². The predicted molar refractivity (Wildman–Crippen MR) is 110 cm³/mol. The first-order valence-electron chi connectivity index (χ1n) is 8.56. The first-order valence-corrected chi connectivity index (χ1v) is 9.35. The van der Waals surface area contributed by atoms with Crippen molar-refractivity contribution in [1.29, 1.82) is 0 Å². The van der Waals surface area contributed by atoms with Gasteiger partial charge in [-0.25, -0.2) is 0 Å². The van der Waals surface area contributed by atoms with E-state index in [4.69, 9.17) is 0 Å². The van der Waals surface area contributed by atoms with Crippen LogP contribution in [-0.2, 0) is 0 Å². The lowest BCUT2D eigenvalue weighted by Gasteiger charge is -2.38. The lowest BCUT2D eigenvalue weighted by Crippen LogP contribution is -2.43. The number of nitrogens with one attached hydrogen (secondary N) is 1. The molecule has 1 amide bonds. The molecule has 0 radical (unpaired) electrons. The fraction of sp³-hybridized carbons (Fsp3) is 0.136. The molecule has 3 aromatic rings. The second kappa shape index (κ2) is 6.61. The number of carbonyl (C=O) groups excluding carboxylic acids is 1. The van der Waals surface area contributed by atoms with Crippen molar-refractivity contribution in [2.45, 2.75) is 20.0 Å². The number of aryl methyl sites for hydroxylation is 2. The molecule has 0 bridgehead atoms. The third kappa shape index (κ3) is 3.01. The Bertz CT molecular complexity index is 961. The van der Waals surface area contributed by atoms with E-state index in [0.717, 1.165) is 32.5 Å². The number of anilines is 2. The van der Waals surface area contributed by atoms with Crippen LogP contribution in [0.15, 0.2) is 71.2 Å². The lowest BCUT2D eigenvalue weighted by molar-refractivity contribution is 0.0975. The van der Waals surface area contributed by atoms with Gasteiger partial charge in [0.05, 0.1) is 5.56 Å². The molecule has 1 N–H and O–H groups in total. The van der Waals surface area contributed by atoms with E-state index in [1.54, 1.807) is 0 Å². The van der Waals surface area contributed by atoms with Gasteiger partial charge in [-0.3, -0.25) is 9.69 Å². The molecular weight excluding hydrogens is 388 g/mol. The molecular formula is C22H19BrN2O. The summed E-state index contributed by atoms with van der Waals surface area (Å²) in [5.74, 6) is 0.0114. The van der Waals surface area contributed by atoms with Crippen LogP contribution in [-0.4, -0.2) is 5.91 Å². The zero-order chi connectivity index (χ0) is 18.3. The monoisotopic (exact) mass is 406 g/mol. The summed E-state index contributed by atoms with van der Waals surface area (Å²) >= 11 is 3.49. The van der Waals surface area contributed by atoms with Crippen LogP contribution >= 0.6 is 15.9 Å². The normalized spacial score (nSPS) is 16.2. The van der Waals surface area contributed by atoms with E-state index in [2.05, 4.69) is 53.3 Å². The zero-order valence-electron chi connectivity index (χ0n) is 14.7. The summed E-state index contributed by atoms with van der Waals surface area (Å²) in [5.41, 5.74) is 5.78. The summed E-state index contributed by atoms with van der Waals surface area (Å²) in [4.78, 5) is 15.2. The van der Waals surface area contributed by atoms with Crippen LogP contribution in [0.1, 0.15) is 33.2 Å². The van der Waals surface area contributed by atoms with E-state index in [-0.39, 0.29) is 12.1 Å². The molecule has 0 aromatic heterocycles. The topological polar surface area (TPSA) is 32.3 Å². The number of nitrogens with zero attached hydrogens (tertiary/aromatic N) is 1. The van der Waals surface area contributed by atoms with Gasteiger partial charge in [-0.05, 0) is 66.9 Å². The SMILES string of the molecule is Cc1cc(C)cc(N2C(=O)c3ccccc3NC2c2ccc(Br)cc2)c1. The number of carbonyl (C=O) groups is 1. The van der Waals surface area contributed by atoms with Crippen LogP contribution in [0.3, 0.4) is 0 Å². The number of rotatable bonds is 2. The van der Waals surface area contributed by atoms with Crippen molar-refractivity contribution in [1.82, 2.24) is 0 Å². The Morgan fingerprint density at radius 1 is 0.923 bits per heavy atom. The zero-order valence-corrected chi connectivity index (χ0v) is 16.2. The highest BCUT2D eigenvalue weighted by Crippen LogP contribution is 2.37. The fourth-order valence-corrected chi connectivity index (χ4v) is 3.75. The van der Waals surface area contributed by atoms with Gasteiger partial charge in [-0.2, -0.15) is 0 Å². The number of hydrogen-bond donors (Lipinski definition) is 1. The van der Waals surface area contributed by atoms with Gasteiger partial charge in [-0.1, -0.05) is 46.3 Å². The maximum Gasteiger partial charge on any atom is 0.262 e. The fourth-order valence-electron chi connectivity index (χ4n) is 3.49. The molecule has 26 heavy (non-hydrogen) atoms. The molecule has 3 nitrogen and oxygen atoms in total. The molecule has 1 atom stereocenters. The Labute approximate surface area is 161 Å². The van der Waals surface area contributed by atoms with Crippen LogP contribution < -0.4 is 10.2 Å². The first-order chi connectivity index (χ1) is 12.5. The van der Waals surface area contributed by atoms with Gasteiger partial charge < -0.3 is 5.32 Å². The highest BCUT2D eigenvalue weighted by atomic mass is 79.9. The second-order valence-electron chi connectivity index (χ2n) is 6.67. The largest absolute Gasteiger partial charge is 0.360 e. The van der Waals surface area contributed by atoms with Crippen LogP contribution in [0.5, 0.6) is 0 Å². The standard InChI is InChI=1S/C22H19BrN2O/c1-14-11-15(2)13-18(12-14)25-21(16-7-9-17(23)10-8-16)24-20-6-4-3-5-19(20)22(25)26/h3-13,21,24H,1-2H3. The Hall–Kier alpha value is -2.59. The van der Waals surface area contributed by atoms with E-state index in [1.165, 1.54) is 0 Å².